The van der Waals surface area contributed by atoms with Crippen molar-refractivity contribution in [2.45, 2.75) is 6.42 Å². The monoisotopic (exact) mass is 358 g/mol. The molecule has 1 heterocycles. The molecule has 2 rings (SSSR count). The van der Waals surface area contributed by atoms with Gasteiger partial charge in [0, 0.05) is 31.9 Å². The Bertz CT molecular complexity index is 736. The van der Waals surface area contributed by atoms with Gasteiger partial charge in [0.1, 0.15) is 17.2 Å². The summed E-state index contributed by atoms with van der Waals surface area (Å²) in [7, 11) is 3.15. The lowest BCUT2D eigenvalue weighted by atomic mass is 10.2. The van der Waals surface area contributed by atoms with E-state index in [9.17, 15) is 9.59 Å². The Labute approximate surface area is 152 Å². The highest BCUT2D eigenvalue weighted by Crippen LogP contribution is 2.12. The number of methoxy groups -OCH3 is 2. The number of carbonyl (C=O) groups excluding carboxylic acids is 2. The van der Waals surface area contributed by atoms with Gasteiger partial charge in [-0.2, -0.15) is 0 Å². The number of hydrogen-bond acceptors (Lipinski definition) is 5. The first-order valence-corrected chi connectivity index (χ1v) is 8.11. The molecule has 7 heteroatoms. The number of carbonyl (C=O) groups is 2. The number of nitrogens with one attached hydrogen (secondary N) is 2. The second kappa shape index (κ2) is 10.0. The first kappa shape index (κ1) is 19.3. The molecule has 26 heavy (non-hydrogen) atoms. The van der Waals surface area contributed by atoms with Crippen LogP contribution in [0.25, 0.3) is 6.08 Å². The number of rotatable bonds is 9. The Kier molecular flexibility index (Phi) is 7.45. The molecular formula is C19H22N2O5. The van der Waals surface area contributed by atoms with Crippen LogP contribution < -0.4 is 15.4 Å². The molecule has 0 bridgehead atoms. The Morgan fingerprint density at radius 3 is 2.54 bits per heavy atom. The van der Waals surface area contributed by atoms with Crippen molar-refractivity contribution in [1.29, 1.82) is 0 Å². The third kappa shape index (κ3) is 5.78. The first-order valence-electron chi connectivity index (χ1n) is 8.11. The lowest BCUT2D eigenvalue weighted by Crippen LogP contribution is -2.35. The van der Waals surface area contributed by atoms with Crippen LogP contribution in [0.4, 0.5) is 0 Å². The van der Waals surface area contributed by atoms with E-state index in [0.29, 0.717) is 36.6 Å². The van der Waals surface area contributed by atoms with Gasteiger partial charge >= 0.3 is 0 Å². The second-order valence-corrected chi connectivity index (χ2v) is 5.36. The molecule has 0 aliphatic heterocycles. The minimum atomic E-state index is -0.405. The fourth-order valence-electron chi connectivity index (χ4n) is 2.12. The standard InChI is InChI=1S/C19H22N2O5/c1-24-11-4-10-20-19(23)17(13-16-5-3-12-26-16)21-18(22)14-6-8-15(25-2)9-7-14/h3,5-9,12-13H,4,10-11H2,1-2H3,(H,20,23)(H,21,22). The van der Waals surface area contributed by atoms with E-state index in [1.165, 1.54) is 12.3 Å². The van der Waals surface area contributed by atoms with Crippen LogP contribution in [0.1, 0.15) is 22.5 Å². The summed E-state index contributed by atoms with van der Waals surface area (Å²) in [5.74, 6) is 0.294. The van der Waals surface area contributed by atoms with Crippen LogP contribution in [0.15, 0.2) is 52.8 Å². The quantitative estimate of drug-likeness (QED) is 0.530. The van der Waals surface area contributed by atoms with Crippen LogP contribution in [-0.4, -0.2) is 39.2 Å². The Balaban J connectivity index is 2.10. The van der Waals surface area contributed by atoms with Crippen LogP contribution in [-0.2, 0) is 9.53 Å². The average molecular weight is 358 g/mol. The van der Waals surface area contributed by atoms with Crippen LogP contribution >= 0.6 is 0 Å². The molecule has 2 N–H and O–H groups in total. The Morgan fingerprint density at radius 1 is 1.15 bits per heavy atom. The minimum Gasteiger partial charge on any atom is -0.497 e. The molecule has 0 saturated heterocycles. The summed E-state index contributed by atoms with van der Waals surface area (Å²) in [6.45, 7) is 0.969. The van der Waals surface area contributed by atoms with Gasteiger partial charge in [0.15, 0.2) is 0 Å². The zero-order chi connectivity index (χ0) is 18.8. The minimum absolute atomic E-state index is 0.0955. The third-order valence-corrected chi connectivity index (χ3v) is 3.49. The van der Waals surface area contributed by atoms with Gasteiger partial charge in [0.2, 0.25) is 0 Å². The molecule has 138 valence electrons. The summed E-state index contributed by atoms with van der Waals surface area (Å²) in [6, 6.07) is 9.98. The molecule has 0 fully saturated rings. The van der Waals surface area contributed by atoms with Gasteiger partial charge in [0.25, 0.3) is 11.8 Å². The van der Waals surface area contributed by atoms with Gasteiger partial charge in [-0.15, -0.1) is 0 Å². The molecule has 7 nitrogen and oxygen atoms in total. The fourth-order valence-corrected chi connectivity index (χ4v) is 2.12. The molecule has 0 spiro atoms. The van der Waals surface area contributed by atoms with Crippen LogP contribution in [0.3, 0.4) is 0 Å². The zero-order valence-electron chi connectivity index (χ0n) is 14.8. The van der Waals surface area contributed by atoms with Crippen molar-refractivity contribution in [1.82, 2.24) is 10.6 Å². The van der Waals surface area contributed by atoms with E-state index in [1.54, 1.807) is 50.6 Å². The van der Waals surface area contributed by atoms with E-state index >= 15 is 0 Å². The van der Waals surface area contributed by atoms with Crippen LogP contribution in [0, 0.1) is 0 Å². The topological polar surface area (TPSA) is 89.8 Å². The Morgan fingerprint density at radius 2 is 1.92 bits per heavy atom. The molecule has 0 aliphatic rings. The first-order chi connectivity index (χ1) is 12.6. The molecule has 2 aromatic rings. The van der Waals surface area contributed by atoms with Crippen molar-refractivity contribution in [3.63, 3.8) is 0 Å². The van der Waals surface area contributed by atoms with E-state index in [-0.39, 0.29) is 5.70 Å². The molecule has 0 radical (unpaired) electrons. The predicted molar refractivity (Wildman–Crippen MR) is 96.6 cm³/mol. The molecule has 2 amide bonds. The molecular weight excluding hydrogens is 336 g/mol. The van der Waals surface area contributed by atoms with Crippen molar-refractivity contribution in [2.75, 3.05) is 27.4 Å². The van der Waals surface area contributed by atoms with Gasteiger partial charge in [-0.25, -0.2) is 0 Å². The van der Waals surface area contributed by atoms with Crippen molar-refractivity contribution in [3.8, 4) is 5.75 Å². The predicted octanol–water partition coefficient (Wildman–Crippen LogP) is 2.21. The fraction of sp³-hybridized carbons (Fsp3) is 0.263. The molecule has 1 aromatic heterocycles. The van der Waals surface area contributed by atoms with Crippen molar-refractivity contribution < 1.29 is 23.5 Å². The number of furan rings is 1. The molecule has 0 unspecified atom stereocenters. The summed E-state index contributed by atoms with van der Waals surface area (Å²) in [5, 5.41) is 5.37. The van der Waals surface area contributed by atoms with Crippen molar-refractivity contribution in [2.24, 2.45) is 0 Å². The maximum Gasteiger partial charge on any atom is 0.267 e. The third-order valence-electron chi connectivity index (χ3n) is 3.49. The van der Waals surface area contributed by atoms with Crippen molar-refractivity contribution in [3.05, 3.63) is 59.7 Å². The van der Waals surface area contributed by atoms with Gasteiger partial charge in [-0.05, 0) is 42.8 Å². The highest BCUT2D eigenvalue weighted by Gasteiger charge is 2.15. The van der Waals surface area contributed by atoms with Gasteiger partial charge < -0.3 is 24.5 Å². The SMILES string of the molecule is COCCCNC(=O)C(=Cc1ccco1)NC(=O)c1ccc(OC)cc1. The van der Waals surface area contributed by atoms with Gasteiger partial charge in [-0.1, -0.05) is 0 Å². The summed E-state index contributed by atoms with van der Waals surface area (Å²) < 4.78 is 15.3. The highest BCUT2D eigenvalue weighted by molar-refractivity contribution is 6.05. The smallest absolute Gasteiger partial charge is 0.267 e. The maximum atomic E-state index is 12.4. The second-order valence-electron chi connectivity index (χ2n) is 5.36. The lowest BCUT2D eigenvalue weighted by Gasteiger charge is -2.11. The number of benzene rings is 1. The zero-order valence-corrected chi connectivity index (χ0v) is 14.8. The molecule has 1 aromatic carbocycles. The van der Waals surface area contributed by atoms with E-state index in [4.69, 9.17) is 13.9 Å². The summed E-state index contributed by atoms with van der Waals surface area (Å²) in [5.41, 5.74) is 0.501. The summed E-state index contributed by atoms with van der Waals surface area (Å²) in [4.78, 5) is 24.8. The number of amides is 2. The van der Waals surface area contributed by atoms with Crippen LogP contribution in [0.5, 0.6) is 5.75 Å². The summed E-state index contributed by atoms with van der Waals surface area (Å²) in [6.07, 6.45) is 3.64. The van der Waals surface area contributed by atoms with E-state index in [2.05, 4.69) is 10.6 Å². The van der Waals surface area contributed by atoms with E-state index in [0.717, 1.165) is 0 Å². The average Bonchev–Trinajstić information content (AvgIpc) is 3.17. The van der Waals surface area contributed by atoms with E-state index < -0.39 is 11.8 Å². The molecule has 0 saturated carbocycles. The largest absolute Gasteiger partial charge is 0.497 e. The Hall–Kier alpha value is -3.06. The number of ether oxygens (including phenoxy) is 2. The maximum absolute atomic E-state index is 12.4. The summed E-state index contributed by atoms with van der Waals surface area (Å²) >= 11 is 0. The van der Waals surface area contributed by atoms with Crippen LogP contribution in [0.2, 0.25) is 0 Å². The molecule has 0 aliphatic carbocycles. The normalized spacial score (nSPS) is 11.1. The van der Waals surface area contributed by atoms with Gasteiger partial charge in [0.05, 0.1) is 13.4 Å². The van der Waals surface area contributed by atoms with Gasteiger partial charge in [-0.3, -0.25) is 9.59 Å². The lowest BCUT2D eigenvalue weighted by molar-refractivity contribution is -0.117. The van der Waals surface area contributed by atoms with Crippen molar-refractivity contribution >= 4 is 17.9 Å². The highest BCUT2D eigenvalue weighted by atomic mass is 16.5. The van der Waals surface area contributed by atoms with E-state index in [1.807, 2.05) is 0 Å². The molecule has 0 atom stereocenters. The number of hydrogen-bond donors (Lipinski definition) is 2.